The van der Waals surface area contributed by atoms with Crippen LogP contribution in [0.4, 0.5) is 13.6 Å². The molecule has 1 unspecified atom stereocenters. The highest BCUT2D eigenvalue weighted by atomic mass is 19.3. The second-order valence-corrected chi connectivity index (χ2v) is 8.69. The minimum atomic E-state index is -3.10. The average molecular weight is 382 g/mol. The van der Waals surface area contributed by atoms with E-state index in [0.717, 1.165) is 26.2 Å². The van der Waals surface area contributed by atoms with Crippen LogP contribution in [0.15, 0.2) is 0 Å². The number of carbonyl (C=O) groups is 2. The summed E-state index contributed by atoms with van der Waals surface area (Å²) in [7, 11) is 0. The minimum Gasteiger partial charge on any atom is -0.336 e. The Bertz CT molecular complexity index is 631. The normalized spacial score (nSPS) is 24.1. The van der Waals surface area contributed by atoms with Crippen LogP contribution in [0.2, 0.25) is 0 Å². The Morgan fingerprint density at radius 1 is 1.19 bits per heavy atom. The lowest BCUT2D eigenvalue weighted by molar-refractivity contribution is -0.126. The number of halogens is 2. The van der Waals surface area contributed by atoms with Crippen molar-refractivity contribution in [1.82, 2.24) is 15.5 Å². The van der Waals surface area contributed by atoms with Crippen LogP contribution in [0.1, 0.15) is 64.7 Å². The van der Waals surface area contributed by atoms with Crippen LogP contribution in [0.3, 0.4) is 0 Å². The van der Waals surface area contributed by atoms with E-state index in [0.29, 0.717) is 25.9 Å². The monoisotopic (exact) mass is 382 g/mol. The second kappa shape index (κ2) is 7.25. The van der Waals surface area contributed by atoms with Gasteiger partial charge in [-0.25, -0.2) is 13.6 Å². The summed E-state index contributed by atoms with van der Waals surface area (Å²) >= 11 is 0. The van der Waals surface area contributed by atoms with Crippen molar-refractivity contribution in [3.8, 4) is 6.07 Å². The highest BCUT2D eigenvalue weighted by Gasteiger charge is 2.47. The molecule has 1 heterocycles. The number of urea groups is 1. The molecule has 0 aromatic rings. The number of hydrogen-bond acceptors (Lipinski definition) is 3. The van der Waals surface area contributed by atoms with Gasteiger partial charge in [0.05, 0.1) is 6.07 Å². The van der Waals surface area contributed by atoms with E-state index in [-0.39, 0.29) is 5.41 Å². The van der Waals surface area contributed by atoms with Gasteiger partial charge in [-0.2, -0.15) is 5.26 Å². The fraction of sp³-hybridized carbons (Fsp3) is 0.842. The van der Waals surface area contributed by atoms with E-state index in [4.69, 9.17) is 5.26 Å². The Balaban J connectivity index is 1.62. The first-order valence-corrected chi connectivity index (χ1v) is 9.83. The lowest BCUT2D eigenvalue weighted by Gasteiger charge is -2.33. The molecule has 8 heteroatoms. The van der Waals surface area contributed by atoms with Crippen LogP contribution in [0.25, 0.3) is 0 Å². The van der Waals surface area contributed by atoms with Crippen molar-refractivity contribution in [2.75, 3.05) is 13.1 Å². The molecule has 1 atom stereocenters. The zero-order valence-corrected chi connectivity index (χ0v) is 15.8. The van der Waals surface area contributed by atoms with Crippen LogP contribution in [0, 0.1) is 16.7 Å². The Morgan fingerprint density at radius 2 is 1.85 bits per heavy atom. The van der Waals surface area contributed by atoms with Crippen molar-refractivity contribution in [1.29, 1.82) is 5.26 Å². The summed E-state index contributed by atoms with van der Waals surface area (Å²) in [5.41, 5.74) is -0.802. The van der Waals surface area contributed by atoms with Crippen molar-refractivity contribution in [3.63, 3.8) is 0 Å². The van der Waals surface area contributed by atoms with Gasteiger partial charge in [0.1, 0.15) is 11.6 Å². The summed E-state index contributed by atoms with van der Waals surface area (Å²) in [5.74, 6) is -3.82. The molecular weight excluding hydrogens is 354 g/mol. The summed E-state index contributed by atoms with van der Waals surface area (Å²) in [4.78, 5) is 26.7. The van der Waals surface area contributed by atoms with E-state index in [9.17, 15) is 18.4 Å². The number of likely N-dealkylation sites (tertiary alicyclic amines) is 1. The maximum atomic E-state index is 13.6. The molecule has 3 aliphatic rings. The number of alkyl halides is 2. The summed E-state index contributed by atoms with van der Waals surface area (Å²) in [6, 6.07) is 0.182. The maximum absolute atomic E-state index is 13.6. The van der Waals surface area contributed by atoms with Gasteiger partial charge < -0.3 is 15.5 Å². The summed E-state index contributed by atoms with van der Waals surface area (Å²) < 4.78 is 27.1. The zero-order chi connectivity index (χ0) is 19.7. The third-order valence-electron chi connectivity index (χ3n) is 6.14. The quantitative estimate of drug-likeness (QED) is 0.767. The standard InChI is InChI=1S/C19H28F2N4O2/c1-17(20,21)11-14(15(26)24-19(12-22)7-8-19)23-16(27)25-10-9-18(13-25)5-3-2-4-6-18/h14H,2-11,13H2,1H3,(H,23,27)(H,24,26). The molecule has 0 bridgehead atoms. The Morgan fingerprint density at radius 3 is 2.41 bits per heavy atom. The van der Waals surface area contributed by atoms with E-state index in [1.807, 2.05) is 6.07 Å². The molecule has 1 spiro atoms. The summed E-state index contributed by atoms with van der Waals surface area (Å²) in [6.07, 6.45) is 6.90. The predicted molar refractivity (Wildman–Crippen MR) is 95.0 cm³/mol. The maximum Gasteiger partial charge on any atom is 0.318 e. The smallest absolute Gasteiger partial charge is 0.318 e. The number of hydrogen-bond donors (Lipinski definition) is 2. The molecule has 2 saturated carbocycles. The Hall–Kier alpha value is -1.91. The number of amides is 3. The molecule has 0 aromatic carbocycles. The van der Waals surface area contributed by atoms with Crippen LogP contribution in [-0.2, 0) is 4.79 Å². The van der Waals surface area contributed by atoms with Gasteiger partial charge >= 0.3 is 6.03 Å². The fourth-order valence-electron chi connectivity index (χ4n) is 4.34. The summed E-state index contributed by atoms with van der Waals surface area (Å²) in [6.45, 7) is 1.94. The zero-order valence-electron chi connectivity index (χ0n) is 15.8. The summed E-state index contributed by atoms with van der Waals surface area (Å²) in [5, 5.41) is 14.1. The molecule has 150 valence electrons. The largest absolute Gasteiger partial charge is 0.336 e. The molecule has 3 rings (SSSR count). The van der Waals surface area contributed by atoms with Crippen molar-refractivity contribution >= 4 is 11.9 Å². The predicted octanol–water partition coefficient (Wildman–Crippen LogP) is 2.94. The second-order valence-electron chi connectivity index (χ2n) is 8.69. The molecular formula is C19H28F2N4O2. The fourth-order valence-corrected chi connectivity index (χ4v) is 4.34. The Labute approximate surface area is 158 Å². The molecule has 0 aromatic heterocycles. The first kappa shape index (κ1) is 19.8. The number of carbonyl (C=O) groups excluding carboxylic acids is 2. The van der Waals surface area contributed by atoms with E-state index >= 15 is 0 Å². The number of nitrogens with one attached hydrogen (secondary N) is 2. The van der Waals surface area contributed by atoms with Gasteiger partial charge in [-0.1, -0.05) is 19.3 Å². The van der Waals surface area contributed by atoms with E-state index in [1.54, 1.807) is 4.90 Å². The first-order valence-electron chi connectivity index (χ1n) is 9.83. The van der Waals surface area contributed by atoms with Crippen LogP contribution < -0.4 is 10.6 Å². The van der Waals surface area contributed by atoms with Gasteiger partial charge in [-0.05, 0) is 44.4 Å². The molecule has 2 aliphatic carbocycles. The molecule has 3 amide bonds. The third-order valence-corrected chi connectivity index (χ3v) is 6.14. The van der Waals surface area contributed by atoms with Gasteiger partial charge in [0.2, 0.25) is 11.8 Å². The van der Waals surface area contributed by atoms with E-state index in [1.165, 1.54) is 19.3 Å². The van der Waals surface area contributed by atoms with Crippen LogP contribution in [-0.4, -0.2) is 47.4 Å². The number of nitriles is 1. The van der Waals surface area contributed by atoms with E-state index < -0.39 is 35.9 Å². The van der Waals surface area contributed by atoms with Gasteiger partial charge in [0.15, 0.2) is 0 Å². The van der Waals surface area contributed by atoms with Gasteiger partial charge in [0.25, 0.3) is 0 Å². The number of rotatable bonds is 5. The SMILES string of the molecule is CC(F)(F)CC(NC(=O)N1CCC2(CCCCC2)C1)C(=O)NC1(C#N)CC1. The van der Waals surface area contributed by atoms with Gasteiger partial charge in [-0.3, -0.25) is 4.79 Å². The Kier molecular flexibility index (Phi) is 5.33. The van der Waals surface area contributed by atoms with Crippen molar-refractivity contribution in [3.05, 3.63) is 0 Å². The third kappa shape index (κ3) is 4.88. The molecule has 0 radical (unpaired) electrons. The van der Waals surface area contributed by atoms with Crippen molar-refractivity contribution < 1.29 is 18.4 Å². The highest BCUT2D eigenvalue weighted by Crippen LogP contribution is 2.43. The molecule has 1 saturated heterocycles. The highest BCUT2D eigenvalue weighted by molar-refractivity contribution is 5.88. The van der Waals surface area contributed by atoms with E-state index in [2.05, 4.69) is 10.6 Å². The lowest BCUT2D eigenvalue weighted by atomic mass is 9.73. The molecule has 3 fully saturated rings. The van der Waals surface area contributed by atoms with Crippen molar-refractivity contribution in [2.45, 2.75) is 82.2 Å². The van der Waals surface area contributed by atoms with Gasteiger partial charge in [0, 0.05) is 19.5 Å². The van der Waals surface area contributed by atoms with Crippen molar-refractivity contribution in [2.24, 2.45) is 5.41 Å². The molecule has 6 nitrogen and oxygen atoms in total. The minimum absolute atomic E-state index is 0.154. The molecule has 27 heavy (non-hydrogen) atoms. The van der Waals surface area contributed by atoms with Crippen LogP contribution in [0.5, 0.6) is 0 Å². The average Bonchev–Trinajstić information content (AvgIpc) is 3.26. The van der Waals surface area contributed by atoms with Gasteiger partial charge in [-0.15, -0.1) is 0 Å². The molecule has 2 N–H and O–H groups in total. The molecule has 1 aliphatic heterocycles. The topological polar surface area (TPSA) is 85.2 Å². The van der Waals surface area contributed by atoms with Crippen LogP contribution >= 0.6 is 0 Å². The lowest BCUT2D eigenvalue weighted by Crippen LogP contribution is -2.54. The first-order chi connectivity index (χ1) is 12.7. The number of nitrogens with zero attached hydrogens (tertiary/aromatic N) is 2.